The molecule has 0 radical (unpaired) electrons. The Bertz CT molecular complexity index is 1430. The van der Waals surface area contributed by atoms with Gasteiger partial charge in [0.25, 0.3) is 0 Å². The number of carbonyl (C=O) groups excluding carboxylic acids is 4. The predicted octanol–water partition coefficient (Wildman–Crippen LogP) is 5.43. The second kappa shape index (κ2) is 16.8. The molecule has 10 nitrogen and oxygen atoms in total. The van der Waals surface area contributed by atoms with Gasteiger partial charge < -0.3 is 28.4 Å². The number of esters is 4. The van der Waals surface area contributed by atoms with Crippen LogP contribution in [-0.2, 0) is 19.1 Å². The molecule has 3 aromatic carbocycles. The van der Waals surface area contributed by atoms with Gasteiger partial charge in [0.2, 0.25) is 0 Å². The van der Waals surface area contributed by atoms with Crippen LogP contribution in [0.5, 0.6) is 23.0 Å². The van der Waals surface area contributed by atoms with E-state index >= 15 is 0 Å². The highest BCUT2D eigenvalue weighted by atomic mass is 16.5. The second-order valence-electron chi connectivity index (χ2n) is 8.90. The van der Waals surface area contributed by atoms with E-state index in [2.05, 4.69) is 13.2 Å². The summed E-state index contributed by atoms with van der Waals surface area (Å²) in [6, 6.07) is 17.6. The SMILES string of the molecule is C=CC(=O)OCCCOc1ccc(C(=O)Oc2ccc(OC(=O)c3ccc(OCCCOC(=O)C=C)cc3)c(C)c2)cc1. The molecule has 0 amide bonds. The summed E-state index contributed by atoms with van der Waals surface area (Å²) < 4.78 is 31.9. The van der Waals surface area contributed by atoms with Gasteiger partial charge in [-0.15, -0.1) is 0 Å². The molecule has 0 aromatic heterocycles. The van der Waals surface area contributed by atoms with Crippen molar-refractivity contribution in [1.82, 2.24) is 0 Å². The number of aryl methyl sites for hydroxylation is 1. The van der Waals surface area contributed by atoms with Crippen molar-refractivity contribution in [1.29, 1.82) is 0 Å². The molecule has 0 aliphatic rings. The first-order valence-corrected chi connectivity index (χ1v) is 13.4. The molecule has 0 bridgehead atoms. The van der Waals surface area contributed by atoms with Crippen LogP contribution in [0.1, 0.15) is 39.1 Å². The topological polar surface area (TPSA) is 124 Å². The van der Waals surface area contributed by atoms with Gasteiger partial charge in [0, 0.05) is 25.0 Å². The minimum atomic E-state index is -0.563. The van der Waals surface area contributed by atoms with Crippen molar-refractivity contribution in [3.05, 3.63) is 109 Å². The summed E-state index contributed by atoms with van der Waals surface area (Å²) in [6.45, 7) is 9.49. The van der Waals surface area contributed by atoms with Gasteiger partial charge in [0.1, 0.15) is 23.0 Å². The van der Waals surface area contributed by atoms with Gasteiger partial charge in [-0.25, -0.2) is 19.2 Å². The monoisotopic (exact) mass is 588 g/mol. The molecule has 0 saturated heterocycles. The van der Waals surface area contributed by atoms with Crippen LogP contribution in [0.15, 0.2) is 92.0 Å². The van der Waals surface area contributed by atoms with E-state index in [0.717, 1.165) is 12.2 Å². The summed E-state index contributed by atoms with van der Waals surface area (Å²) in [5.74, 6) is -0.371. The Kier molecular flexibility index (Phi) is 12.5. The predicted molar refractivity (Wildman–Crippen MR) is 157 cm³/mol. The summed E-state index contributed by atoms with van der Waals surface area (Å²) in [7, 11) is 0. The van der Waals surface area contributed by atoms with Crippen LogP contribution < -0.4 is 18.9 Å². The number of carbonyl (C=O) groups is 4. The Hall–Kier alpha value is -5.38. The number of benzene rings is 3. The van der Waals surface area contributed by atoms with E-state index in [0.29, 0.717) is 60.0 Å². The van der Waals surface area contributed by atoms with Crippen LogP contribution in [0.25, 0.3) is 0 Å². The molecular weight excluding hydrogens is 556 g/mol. The number of hydrogen-bond donors (Lipinski definition) is 0. The highest BCUT2D eigenvalue weighted by Crippen LogP contribution is 2.26. The van der Waals surface area contributed by atoms with Crippen LogP contribution in [-0.4, -0.2) is 50.3 Å². The molecule has 0 fully saturated rings. The Morgan fingerprint density at radius 1 is 0.605 bits per heavy atom. The highest BCUT2D eigenvalue weighted by molar-refractivity contribution is 5.92. The lowest BCUT2D eigenvalue weighted by Gasteiger charge is -2.11. The normalized spacial score (nSPS) is 10.2. The van der Waals surface area contributed by atoms with Crippen molar-refractivity contribution >= 4 is 23.9 Å². The minimum Gasteiger partial charge on any atom is -0.493 e. The summed E-state index contributed by atoms with van der Waals surface area (Å²) >= 11 is 0. The zero-order valence-electron chi connectivity index (χ0n) is 23.7. The van der Waals surface area contributed by atoms with E-state index in [1.54, 1.807) is 67.6 Å². The van der Waals surface area contributed by atoms with Crippen molar-refractivity contribution in [3.63, 3.8) is 0 Å². The zero-order valence-corrected chi connectivity index (χ0v) is 23.7. The lowest BCUT2D eigenvalue weighted by molar-refractivity contribution is -0.138. The van der Waals surface area contributed by atoms with Crippen LogP contribution >= 0.6 is 0 Å². The zero-order chi connectivity index (χ0) is 31.0. The lowest BCUT2D eigenvalue weighted by Crippen LogP contribution is -2.11. The second-order valence-corrected chi connectivity index (χ2v) is 8.90. The van der Waals surface area contributed by atoms with Crippen molar-refractivity contribution in [2.45, 2.75) is 19.8 Å². The molecule has 0 atom stereocenters. The molecule has 0 saturated carbocycles. The summed E-state index contributed by atoms with van der Waals surface area (Å²) in [5, 5.41) is 0. The maximum absolute atomic E-state index is 12.6. The Balaban J connectivity index is 1.45. The highest BCUT2D eigenvalue weighted by Gasteiger charge is 2.14. The molecule has 0 aliphatic heterocycles. The third-order valence-electron chi connectivity index (χ3n) is 5.68. The Morgan fingerprint density at radius 3 is 1.49 bits per heavy atom. The molecule has 3 rings (SSSR count). The van der Waals surface area contributed by atoms with Gasteiger partial charge in [0.05, 0.1) is 37.6 Å². The third-order valence-corrected chi connectivity index (χ3v) is 5.68. The average Bonchev–Trinajstić information content (AvgIpc) is 3.02. The van der Waals surface area contributed by atoms with Gasteiger partial charge in [-0.1, -0.05) is 13.2 Å². The van der Waals surface area contributed by atoms with E-state index in [4.69, 9.17) is 28.4 Å². The average molecular weight is 589 g/mol. The van der Waals surface area contributed by atoms with Gasteiger partial charge >= 0.3 is 23.9 Å². The largest absolute Gasteiger partial charge is 0.493 e. The molecule has 0 aliphatic carbocycles. The van der Waals surface area contributed by atoms with Crippen molar-refractivity contribution < 1.29 is 47.6 Å². The molecular formula is C33H32O10. The van der Waals surface area contributed by atoms with Crippen LogP contribution in [0.3, 0.4) is 0 Å². The quantitative estimate of drug-likeness (QED) is 0.0926. The molecule has 224 valence electrons. The summed E-state index contributed by atoms with van der Waals surface area (Å²) in [6.07, 6.45) is 3.21. The first kappa shape index (κ1) is 32.1. The number of hydrogen-bond acceptors (Lipinski definition) is 10. The first-order chi connectivity index (χ1) is 20.8. The molecule has 10 heteroatoms. The molecule has 0 N–H and O–H groups in total. The Labute approximate surface area is 249 Å². The van der Waals surface area contributed by atoms with Crippen molar-refractivity contribution in [2.24, 2.45) is 0 Å². The summed E-state index contributed by atoms with van der Waals surface area (Å²) in [5.41, 5.74) is 1.24. The molecule has 0 heterocycles. The molecule has 0 unspecified atom stereocenters. The van der Waals surface area contributed by atoms with Gasteiger partial charge in [0.15, 0.2) is 0 Å². The Morgan fingerprint density at radius 2 is 1.05 bits per heavy atom. The standard InChI is InChI=1S/C33H32O10/c1-4-30(34)40-20-6-18-38-26-12-8-24(9-13-26)32(36)42-28-16-17-29(23(3)22-28)43-33(37)25-10-14-27(15-11-25)39-19-7-21-41-31(35)5-2/h4-5,8-17,22H,1-2,6-7,18-21H2,3H3. The number of rotatable bonds is 16. The van der Waals surface area contributed by atoms with Crippen LogP contribution in [0.4, 0.5) is 0 Å². The van der Waals surface area contributed by atoms with E-state index < -0.39 is 23.9 Å². The van der Waals surface area contributed by atoms with Gasteiger partial charge in [-0.05, 0) is 79.2 Å². The fraction of sp³-hybridized carbons (Fsp3) is 0.212. The van der Waals surface area contributed by atoms with Crippen LogP contribution in [0.2, 0.25) is 0 Å². The first-order valence-electron chi connectivity index (χ1n) is 13.4. The van der Waals surface area contributed by atoms with Crippen molar-refractivity contribution in [2.75, 3.05) is 26.4 Å². The molecule has 3 aromatic rings. The minimum absolute atomic E-state index is 0.218. The van der Waals surface area contributed by atoms with E-state index in [9.17, 15) is 19.2 Å². The lowest BCUT2D eigenvalue weighted by atomic mass is 10.2. The van der Waals surface area contributed by atoms with Gasteiger partial charge in [-0.2, -0.15) is 0 Å². The molecule has 0 spiro atoms. The maximum atomic E-state index is 12.6. The van der Waals surface area contributed by atoms with Crippen LogP contribution in [0, 0.1) is 6.92 Å². The fourth-order valence-electron chi connectivity index (χ4n) is 3.46. The smallest absolute Gasteiger partial charge is 0.343 e. The molecule has 43 heavy (non-hydrogen) atoms. The van der Waals surface area contributed by atoms with E-state index in [1.807, 2.05) is 0 Å². The van der Waals surface area contributed by atoms with Crippen molar-refractivity contribution in [3.8, 4) is 23.0 Å². The summed E-state index contributed by atoms with van der Waals surface area (Å²) in [4.78, 5) is 47.3. The maximum Gasteiger partial charge on any atom is 0.343 e. The van der Waals surface area contributed by atoms with E-state index in [-0.39, 0.29) is 19.0 Å². The van der Waals surface area contributed by atoms with E-state index in [1.165, 1.54) is 6.07 Å². The third kappa shape index (κ3) is 10.8. The van der Waals surface area contributed by atoms with Gasteiger partial charge in [-0.3, -0.25) is 0 Å². The fourth-order valence-corrected chi connectivity index (χ4v) is 3.46. The number of ether oxygens (including phenoxy) is 6.